The quantitative estimate of drug-likeness (QED) is 0.691. The van der Waals surface area contributed by atoms with Crippen LogP contribution < -0.4 is 5.73 Å². The molecule has 1 fully saturated rings. The number of nitrogens with zero attached hydrogens (tertiary/aromatic N) is 2. The lowest BCUT2D eigenvalue weighted by Gasteiger charge is -2.23. The smallest absolute Gasteiger partial charge is 0.260 e. The van der Waals surface area contributed by atoms with E-state index in [0.717, 1.165) is 39.1 Å². The summed E-state index contributed by atoms with van der Waals surface area (Å²) < 4.78 is 7.18. The molecule has 0 atom stereocenters. The van der Waals surface area contributed by atoms with Gasteiger partial charge in [0.05, 0.1) is 11.3 Å². The van der Waals surface area contributed by atoms with Crippen LogP contribution >= 0.6 is 31.9 Å². The van der Waals surface area contributed by atoms with Crippen molar-refractivity contribution < 1.29 is 4.52 Å². The van der Waals surface area contributed by atoms with Gasteiger partial charge in [-0.2, -0.15) is 4.98 Å². The summed E-state index contributed by atoms with van der Waals surface area (Å²) in [5.41, 5.74) is 7.47. The lowest BCUT2D eigenvalue weighted by Crippen LogP contribution is -2.11. The van der Waals surface area contributed by atoms with E-state index in [4.69, 9.17) is 10.3 Å². The number of anilines is 1. The Morgan fingerprint density at radius 2 is 1.90 bits per heavy atom. The average molecular weight is 415 g/mol. The highest BCUT2D eigenvalue weighted by Crippen LogP contribution is 2.37. The van der Waals surface area contributed by atoms with Crippen molar-refractivity contribution in [3.63, 3.8) is 0 Å². The summed E-state index contributed by atoms with van der Waals surface area (Å²) >= 11 is 6.90. The molecule has 1 aliphatic rings. The van der Waals surface area contributed by atoms with Crippen LogP contribution in [0.5, 0.6) is 0 Å². The van der Waals surface area contributed by atoms with Crippen molar-refractivity contribution >= 4 is 37.5 Å². The number of nitrogens with two attached hydrogens (primary N) is 1. The van der Waals surface area contributed by atoms with E-state index in [1.807, 2.05) is 12.1 Å². The van der Waals surface area contributed by atoms with Crippen molar-refractivity contribution in [3.05, 3.63) is 26.9 Å². The first-order valence-corrected chi connectivity index (χ1v) is 8.71. The maximum atomic E-state index is 6.09. The Labute approximate surface area is 140 Å². The zero-order chi connectivity index (χ0) is 15.0. The van der Waals surface area contributed by atoms with E-state index in [1.54, 1.807) is 0 Å². The Balaban J connectivity index is 1.88. The van der Waals surface area contributed by atoms with Crippen LogP contribution in [-0.4, -0.2) is 10.1 Å². The van der Waals surface area contributed by atoms with Gasteiger partial charge >= 0.3 is 0 Å². The highest BCUT2D eigenvalue weighted by molar-refractivity contribution is 9.11. The fourth-order valence-corrected chi connectivity index (χ4v) is 4.02. The fourth-order valence-electron chi connectivity index (χ4n) is 2.79. The van der Waals surface area contributed by atoms with Gasteiger partial charge in [-0.25, -0.2) is 0 Å². The molecule has 6 heteroatoms. The van der Waals surface area contributed by atoms with Crippen LogP contribution in [0.3, 0.4) is 0 Å². The Bertz CT molecular complexity index is 648. The van der Waals surface area contributed by atoms with Crippen LogP contribution in [0.1, 0.15) is 44.3 Å². The zero-order valence-corrected chi connectivity index (χ0v) is 14.9. The summed E-state index contributed by atoms with van der Waals surface area (Å²) in [5.74, 6) is 2.52. The van der Waals surface area contributed by atoms with Crippen LogP contribution in [0.15, 0.2) is 25.6 Å². The summed E-state index contributed by atoms with van der Waals surface area (Å²) in [5, 5.41) is 4.17. The standard InChI is InChI=1S/C15H17Br2N3O/c1-8-2-4-9(5-3-8)14-19-15(21-20-14)11-6-10(16)7-12(17)13(11)18/h6-9H,2-5,18H2,1H3. The number of rotatable bonds is 2. The molecule has 0 spiro atoms. The maximum Gasteiger partial charge on any atom is 0.260 e. The average Bonchev–Trinajstić information content (AvgIpc) is 2.93. The molecule has 1 aromatic carbocycles. The topological polar surface area (TPSA) is 64.9 Å². The summed E-state index contributed by atoms with van der Waals surface area (Å²) in [6.45, 7) is 2.30. The van der Waals surface area contributed by atoms with Gasteiger partial charge in [0, 0.05) is 14.9 Å². The van der Waals surface area contributed by atoms with Crippen LogP contribution in [0.2, 0.25) is 0 Å². The van der Waals surface area contributed by atoms with E-state index in [9.17, 15) is 0 Å². The molecular formula is C15H17Br2N3O. The molecule has 1 saturated carbocycles. The van der Waals surface area contributed by atoms with Gasteiger partial charge in [-0.3, -0.25) is 0 Å². The maximum absolute atomic E-state index is 6.09. The van der Waals surface area contributed by atoms with Gasteiger partial charge in [0.25, 0.3) is 5.89 Å². The fraction of sp³-hybridized carbons (Fsp3) is 0.467. The van der Waals surface area contributed by atoms with Crippen LogP contribution in [-0.2, 0) is 0 Å². The van der Waals surface area contributed by atoms with Gasteiger partial charge in [0.1, 0.15) is 0 Å². The molecule has 2 aromatic rings. The highest BCUT2D eigenvalue weighted by atomic mass is 79.9. The monoisotopic (exact) mass is 413 g/mol. The number of hydrogen-bond acceptors (Lipinski definition) is 4. The van der Waals surface area contributed by atoms with Gasteiger partial charge in [-0.1, -0.05) is 40.9 Å². The zero-order valence-electron chi connectivity index (χ0n) is 11.8. The molecule has 0 radical (unpaired) electrons. The summed E-state index contributed by atoms with van der Waals surface area (Å²) in [6, 6.07) is 3.80. The number of benzene rings is 1. The van der Waals surface area contributed by atoms with E-state index < -0.39 is 0 Å². The number of aromatic nitrogens is 2. The SMILES string of the molecule is CC1CCC(c2noc(-c3cc(Br)cc(Br)c3N)n2)CC1. The van der Waals surface area contributed by atoms with Gasteiger partial charge in [-0.05, 0) is 46.8 Å². The molecule has 1 heterocycles. The van der Waals surface area contributed by atoms with E-state index in [1.165, 1.54) is 12.8 Å². The van der Waals surface area contributed by atoms with E-state index in [2.05, 4.69) is 48.9 Å². The van der Waals surface area contributed by atoms with Gasteiger partial charge in [0.2, 0.25) is 0 Å². The molecule has 0 bridgehead atoms. The summed E-state index contributed by atoms with van der Waals surface area (Å²) in [4.78, 5) is 4.57. The molecule has 1 aromatic heterocycles. The normalized spacial score (nSPS) is 22.4. The van der Waals surface area contributed by atoms with Crippen LogP contribution in [0, 0.1) is 5.92 Å². The molecule has 112 valence electrons. The van der Waals surface area contributed by atoms with Crippen molar-refractivity contribution in [1.82, 2.24) is 10.1 Å². The Kier molecular flexibility index (Phi) is 4.36. The highest BCUT2D eigenvalue weighted by Gasteiger charge is 2.25. The second-order valence-corrected chi connectivity index (χ2v) is 7.53. The summed E-state index contributed by atoms with van der Waals surface area (Å²) in [6.07, 6.45) is 4.74. The predicted molar refractivity (Wildman–Crippen MR) is 89.9 cm³/mol. The van der Waals surface area contributed by atoms with E-state index >= 15 is 0 Å². The summed E-state index contributed by atoms with van der Waals surface area (Å²) in [7, 11) is 0. The minimum Gasteiger partial charge on any atom is -0.397 e. The largest absolute Gasteiger partial charge is 0.397 e. The third kappa shape index (κ3) is 3.16. The van der Waals surface area contributed by atoms with Crippen molar-refractivity contribution in [2.24, 2.45) is 5.92 Å². The third-order valence-electron chi connectivity index (χ3n) is 4.15. The first kappa shape index (κ1) is 15.0. The lowest BCUT2D eigenvalue weighted by molar-refractivity contribution is 0.329. The predicted octanol–water partition coefficient (Wildman–Crippen LogP) is 5.14. The second kappa shape index (κ2) is 6.08. The molecule has 4 nitrogen and oxygen atoms in total. The van der Waals surface area contributed by atoms with Crippen LogP contribution in [0.25, 0.3) is 11.5 Å². The van der Waals surface area contributed by atoms with Gasteiger partial charge < -0.3 is 10.3 Å². The number of hydrogen-bond donors (Lipinski definition) is 1. The third-order valence-corrected chi connectivity index (χ3v) is 5.26. The molecule has 0 unspecified atom stereocenters. The molecule has 21 heavy (non-hydrogen) atoms. The Hall–Kier alpha value is -0.880. The molecule has 0 saturated heterocycles. The molecule has 0 amide bonds. The van der Waals surface area contributed by atoms with E-state index in [-0.39, 0.29) is 0 Å². The van der Waals surface area contributed by atoms with Crippen LogP contribution in [0.4, 0.5) is 5.69 Å². The molecule has 0 aliphatic heterocycles. The Morgan fingerprint density at radius 1 is 1.19 bits per heavy atom. The molecule has 3 rings (SSSR count). The number of halogens is 2. The first-order chi connectivity index (χ1) is 10.0. The van der Waals surface area contributed by atoms with E-state index in [0.29, 0.717) is 17.5 Å². The second-order valence-electron chi connectivity index (χ2n) is 5.76. The first-order valence-electron chi connectivity index (χ1n) is 7.13. The lowest BCUT2D eigenvalue weighted by atomic mass is 9.83. The minimum atomic E-state index is 0.413. The molecule has 2 N–H and O–H groups in total. The van der Waals surface area contributed by atoms with Crippen molar-refractivity contribution in [2.45, 2.75) is 38.5 Å². The molecular weight excluding hydrogens is 398 g/mol. The molecule has 1 aliphatic carbocycles. The number of nitrogen functional groups attached to an aromatic ring is 1. The van der Waals surface area contributed by atoms with Crippen molar-refractivity contribution in [2.75, 3.05) is 5.73 Å². The Morgan fingerprint density at radius 3 is 2.62 bits per heavy atom. The van der Waals surface area contributed by atoms with Gasteiger partial charge in [-0.15, -0.1) is 0 Å². The van der Waals surface area contributed by atoms with Crippen molar-refractivity contribution in [1.29, 1.82) is 0 Å². The minimum absolute atomic E-state index is 0.413. The van der Waals surface area contributed by atoms with Crippen molar-refractivity contribution in [3.8, 4) is 11.5 Å². The van der Waals surface area contributed by atoms with Gasteiger partial charge in [0.15, 0.2) is 5.82 Å².